The van der Waals surface area contributed by atoms with Gasteiger partial charge in [0.1, 0.15) is 11.3 Å². The first kappa shape index (κ1) is 17.6. The van der Waals surface area contributed by atoms with Crippen molar-refractivity contribution in [2.24, 2.45) is 0 Å². The molecule has 25 heavy (non-hydrogen) atoms. The first-order valence-corrected chi connectivity index (χ1v) is 9.22. The molecular weight excluding hydrogens is 314 g/mol. The van der Waals surface area contributed by atoms with E-state index in [1.807, 2.05) is 31.7 Å². The van der Waals surface area contributed by atoms with Crippen LogP contribution in [0.15, 0.2) is 28.9 Å². The van der Waals surface area contributed by atoms with Gasteiger partial charge in [-0.2, -0.15) is 0 Å². The Balaban J connectivity index is 1.93. The fourth-order valence-corrected chi connectivity index (χ4v) is 3.41. The monoisotopic (exact) mass is 341 g/mol. The summed E-state index contributed by atoms with van der Waals surface area (Å²) in [7, 11) is 0. The molecule has 2 heterocycles. The van der Waals surface area contributed by atoms with Gasteiger partial charge in [0, 0.05) is 36.2 Å². The van der Waals surface area contributed by atoms with Crippen molar-refractivity contribution < 1.29 is 13.9 Å². The smallest absolute Gasteiger partial charge is 0.246 e. The zero-order valence-electron chi connectivity index (χ0n) is 15.4. The van der Waals surface area contributed by atoms with Crippen LogP contribution in [0.1, 0.15) is 50.7 Å². The van der Waals surface area contributed by atoms with Gasteiger partial charge in [-0.05, 0) is 50.8 Å². The molecule has 1 saturated heterocycles. The molecule has 1 amide bonds. The molecule has 0 bridgehead atoms. The minimum Gasteiger partial charge on any atom is -0.493 e. The van der Waals surface area contributed by atoms with E-state index in [0.717, 1.165) is 59.3 Å². The third-order valence-electron chi connectivity index (χ3n) is 4.85. The Hall–Kier alpha value is -2.23. The average molecular weight is 341 g/mol. The van der Waals surface area contributed by atoms with Crippen molar-refractivity contribution in [2.75, 3.05) is 19.7 Å². The van der Waals surface area contributed by atoms with Gasteiger partial charge in [0.25, 0.3) is 0 Å². The summed E-state index contributed by atoms with van der Waals surface area (Å²) in [4.78, 5) is 14.6. The van der Waals surface area contributed by atoms with E-state index in [-0.39, 0.29) is 5.91 Å². The average Bonchev–Trinajstić information content (AvgIpc) is 2.80. The van der Waals surface area contributed by atoms with Gasteiger partial charge in [-0.3, -0.25) is 4.79 Å². The molecule has 1 fully saturated rings. The molecule has 0 unspecified atom stereocenters. The zero-order chi connectivity index (χ0) is 17.8. The Labute approximate surface area is 149 Å². The SMILES string of the molecule is CCOc1cc2occ(C)c2cc1/C(C)=C/C(=O)N1CCCCCC1. The molecule has 2 aromatic rings. The van der Waals surface area contributed by atoms with Crippen LogP contribution < -0.4 is 4.74 Å². The fourth-order valence-electron chi connectivity index (χ4n) is 3.41. The van der Waals surface area contributed by atoms with Crippen LogP contribution in [0, 0.1) is 6.92 Å². The van der Waals surface area contributed by atoms with Crippen LogP contribution in [0.5, 0.6) is 5.75 Å². The number of hydrogen-bond acceptors (Lipinski definition) is 3. The third-order valence-corrected chi connectivity index (χ3v) is 4.85. The Morgan fingerprint density at radius 2 is 1.96 bits per heavy atom. The second kappa shape index (κ2) is 7.77. The number of allylic oxidation sites excluding steroid dienone is 1. The molecule has 0 N–H and O–H groups in total. The second-order valence-electron chi connectivity index (χ2n) is 6.76. The summed E-state index contributed by atoms with van der Waals surface area (Å²) in [6.45, 7) is 8.27. The maximum Gasteiger partial charge on any atom is 0.246 e. The number of aryl methyl sites for hydroxylation is 1. The molecule has 0 spiro atoms. The van der Waals surface area contributed by atoms with Gasteiger partial charge in [0.05, 0.1) is 12.9 Å². The maximum absolute atomic E-state index is 12.7. The van der Waals surface area contributed by atoms with Crippen molar-refractivity contribution >= 4 is 22.4 Å². The summed E-state index contributed by atoms with van der Waals surface area (Å²) in [5.74, 6) is 0.868. The molecular formula is C21H27NO3. The Bertz CT molecular complexity index is 780. The maximum atomic E-state index is 12.7. The summed E-state index contributed by atoms with van der Waals surface area (Å²) >= 11 is 0. The Morgan fingerprint density at radius 3 is 2.64 bits per heavy atom. The topological polar surface area (TPSA) is 42.7 Å². The van der Waals surface area contributed by atoms with Gasteiger partial charge in [0.2, 0.25) is 5.91 Å². The van der Waals surface area contributed by atoms with Crippen LogP contribution in [-0.4, -0.2) is 30.5 Å². The molecule has 4 heteroatoms. The molecule has 134 valence electrons. The van der Waals surface area contributed by atoms with Crippen LogP contribution in [0.4, 0.5) is 0 Å². The number of furan rings is 1. The number of likely N-dealkylation sites (tertiary alicyclic amines) is 1. The highest BCUT2D eigenvalue weighted by Crippen LogP contribution is 2.33. The lowest BCUT2D eigenvalue weighted by Gasteiger charge is -2.19. The minimum absolute atomic E-state index is 0.103. The van der Waals surface area contributed by atoms with E-state index in [9.17, 15) is 4.79 Å². The van der Waals surface area contributed by atoms with Gasteiger partial charge in [-0.1, -0.05) is 12.8 Å². The van der Waals surface area contributed by atoms with Crippen LogP contribution in [0.25, 0.3) is 16.5 Å². The predicted molar refractivity (Wildman–Crippen MR) is 101 cm³/mol. The number of amides is 1. The van der Waals surface area contributed by atoms with E-state index in [1.54, 1.807) is 12.3 Å². The Kier molecular flexibility index (Phi) is 5.47. The number of rotatable bonds is 4. The van der Waals surface area contributed by atoms with E-state index in [4.69, 9.17) is 9.15 Å². The molecule has 1 aliphatic heterocycles. The summed E-state index contributed by atoms with van der Waals surface area (Å²) < 4.78 is 11.4. The number of fused-ring (bicyclic) bond motifs is 1. The number of ether oxygens (including phenoxy) is 1. The number of carbonyl (C=O) groups is 1. The molecule has 3 rings (SSSR count). The highest BCUT2D eigenvalue weighted by Gasteiger charge is 2.16. The molecule has 0 radical (unpaired) electrons. The Morgan fingerprint density at radius 1 is 1.24 bits per heavy atom. The highest BCUT2D eigenvalue weighted by atomic mass is 16.5. The van der Waals surface area contributed by atoms with Gasteiger partial charge in [-0.15, -0.1) is 0 Å². The number of carbonyl (C=O) groups excluding carboxylic acids is 1. The van der Waals surface area contributed by atoms with Crippen molar-refractivity contribution in [1.82, 2.24) is 4.90 Å². The van der Waals surface area contributed by atoms with Crippen molar-refractivity contribution in [2.45, 2.75) is 46.5 Å². The van der Waals surface area contributed by atoms with Gasteiger partial charge in [0.15, 0.2) is 0 Å². The van der Waals surface area contributed by atoms with Crippen LogP contribution in [0.2, 0.25) is 0 Å². The molecule has 0 atom stereocenters. The number of hydrogen-bond donors (Lipinski definition) is 0. The van der Waals surface area contributed by atoms with Gasteiger partial charge >= 0.3 is 0 Å². The molecule has 1 aliphatic rings. The van der Waals surface area contributed by atoms with Crippen LogP contribution in [0.3, 0.4) is 0 Å². The summed E-state index contributed by atoms with van der Waals surface area (Å²) in [6, 6.07) is 4.00. The van der Waals surface area contributed by atoms with E-state index in [2.05, 4.69) is 6.07 Å². The van der Waals surface area contributed by atoms with Crippen molar-refractivity contribution in [3.05, 3.63) is 35.6 Å². The second-order valence-corrected chi connectivity index (χ2v) is 6.76. The largest absolute Gasteiger partial charge is 0.493 e. The van der Waals surface area contributed by atoms with Gasteiger partial charge in [-0.25, -0.2) is 0 Å². The van der Waals surface area contributed by atoms with Crippen molar-refractivity contribution in [3.8, 4) is 5.75 Å². The predicted octanol–water partition coefficient (Wildman–Crippen LogP) is 4.95. The first-order chi connectivity index (χ1) is 12.1. The molecule has 0 aliphatic carbocycles. The van der Waals surface area contributed by atoms with Gasteiger partial charge < -0.3 is 14.1 Å². The van der Waals surface area contributed by atoms with E-state index in [0.29, 0.717) is 6.61 Å². The van der Waals surface area contributed by atoms with Crippen molar-refractivity contribution in [1.29, 1.82) is 0 Å². The fraction of sp³-hybridized carbons (Fsp3) is 0.476. The lowest BCUT2D eigenvalue weighted by molar-refractivity contribution is -0.125. The quantitative estimate of drug-likeness (QED) is 0.739. The summed E-state index contributed by atoms with van der Waals surface area (Å²) in [5.41, 5.74) is 3.80. The van der Waals surface area contributed by atoms with Crippen LogP contribution >= 0.6 is 0 Å². The molecule has 1 aromatic heterocycles. The lowest BCUT2D eigenvalue weighted by Crippen LogP contribution is -2.30. The molecule has 4 nitrogen and oxygen atoms in total. The lowest BCUT2D eigenvalue weighted by atomic mass is 10.0. The van der Waals surface area contributed by atoms with Crippen LogP contribution in [-0.2, 0) is 4.79 Å². The van der Waals surface area contributed by atoms with E-state index >= 15 is 0 Å². The number of benzene rings is 1. The van der Waals surface area contributed by atoms with E-state index in [1.165, 1.54) is 12.8 Å². The summed E-state index contributed by atoms with van der Waals surface area (Å²) in [6.07, 6.45) is 8.15. The molecule has 0 saturated carbocycles. The zero-order valence-corrected chi connectivity index (χ0v) is 15.4. The molecule has 1 aromatic carbocycles. The van der Waals surface area contributed by atoms with E-state index < -0.39 is 0 Å². The summed E-state index contributed by atoms with van der Waals surface area (Å²) in [5, 5.41) is 1.06. The normalized spacial score (nSPS) is 16.1. The highest BCUT2D eigenvalue weighted by molar-refractivity contribution is 5.97. The standard InChI is InChI=1S/C21H27NO3/c1-4-24-19-13-20-18(16(3)14-25-20)12-17(19)15(2)11-21(23)22-9-7-5-6-8-10-22/h11-14H,4-10H2,1-3H3/b15-11+. The van der Waals surface area contributed by atoms with Crippen molar-refractivity contribution in [3.63, 3.8) is 0 Å². The minimum atomic E-state index is 0.103. The number of nitrogens with zero attached hydrogens (tertiary/aromatic N) is 1. The first-order valence-electron chi connectivity index (χ1n) is 9.22. The third kappa shape index (κ3) is 3.89.